The summed E-state index contributed by atoms with van der Waals surface area (Å²) in [6.45, 7) is 0. The Morgan fingerprint density at radius 1 is 1.56 bits per heavy atom. The molecule has 0 spiro atoms. The number of fused-ring (bicyclic) bond motifs is 1. The number of benzene rings is 1. The molecule has 0 bridgehead atoms. The number of methoxy groups -OCH3 is 1. The summed E-state index contributed by atoms with van der Waals surface area (Å²) in [4.78, 5) is 10.9. The first-order chi connectivity index (χ1) is 7.72. The van der Waals surface area contributed by atoms with Gasteiger partial charge in [-0.05, 0) is 6.08 Å². The van der Waals surface area contributed by atoms with Crippen molar-refractivity contribution in [1.29, 1.82) is 0 Å². The Morgan fingerprint density at radius 2 is 2.38 bits per heavy atom. The molecular weight excluding hydrogens is 211 g/mol. The number of nitrogens with one attached hydrogen (secondary N) is 1. The number of ether oxygens (including phenoxy) is 1. The number of carbonyl (C=O) groups is 1. The van der Waals surface area contributed by atoms with Gasteiger partial charge in [-0.2, -0.15) is 5.10 Å². The Balaban J connectivity index is 2.41. The average molecular weight is 220 g/mol. The fraction of sp³-hybridized carbons (Fsp3) is 0.0909. The molecule has 2 aromatic rings. The van der Waals surface area contributed by atoms with Crippen molar-refractivity contribution >= 4 is 22.9 Å². The number of nitrogens with zero attached hydrogens (tertiary/aromatic N) is 1. The summed E-state index contributed by atoms with van der Waals surface area (Å²) < 4.78 is 18.2. The molecule has 0 aliphatic rings. The maximum absolute atomic E-state index is 13.8. The van der Waals surface area contributed by atoms with Gasteiger partial charge in [0.25, 0.3) is 0 Å². The Bertz CT molecular complexity index is 560. The summed E-state index contributed by atoms with van der Waals surface area (Å²) in [6, 6.07) is 3.30. The molecule has 1 aromatic carbocycles. The van der Waals surface area contributed by atoms with Gasteiger partial charge in [0.15, 0.2) is 5.82 Å². The summed E-state index contributed by atoms with van der Waals surface area (Å²) in [5.74, 6) is -0.959. The van der Waals surface area contributed by atoms with E-state index in [1.807, 2.05) is 0 Å². The van der Waals surface area contributed by atoms with Crippen LogP contribution in [0.2, 0.25) is 0 Å². The molecule has 0 saturated carbocycles. The predicted octanol–water partition coefficient (Wildman–Crippen LogP) is 1.89. The minimum absolute atomic E-state index is 0.308. The second-order valence-electron chi connectivity index (χ2n) is 3.16. The van der Waals surface area contributed by atoms with E-state index in [2.05, 4.69) is 14.9 Å². The Morgan fingerprint density at radius 3 is 3.12 bits per heavy atom. The van der Waals surface area contributed by atoms with Crippen LogP contribution in [0, 0.1) is 5.82 Å². The van der Waals surface area contributed by atoms with Gasteiger partial charge in [-0.1, -0.05) is 12.1 Å². The first-order valence-electron chi connectivity index (χ1n) is 4.60. The molecule has 1 N–H and O–H groups in total. The van der Waals surface area contributed by atoms with Crippen LogP contribution in [0.4, 0.5) is 4.39 Å². The molecule has 0 aliphatic heterocycles. The maximum atomic E-state index is 13.8. The number of carbonyl (C=O) groups excluding carboxylic acids is 1. The molecule has 0 aliphatic carbocycles. The highest BCUT2D eigenvalue weighted by Crippen LogP contribution is 2.19. The van der Waals surface area contributed by atoms with Crippen molar-refractivity contribution in [2.45, 2.75) is 0 Å². The van der Waals surface area contributed by atoms with E-state index in [9.17, 15) is 9.18 Å². The van der Waals surface area contributed by atoms with Crippen molar-refractivity contribution in [1.82, 2.24) is 10.2 Å². The van der Waals surface area contributed by atoms with E-state index in [0.717, 1.165) is 0 Å². The zero-order valence-corrected chi connectivity index (χ0v) is 8.53. The lowest BCUT2D eigenvalue weighted by Gasteiger charge is -1.97. The zero-order chi connectivity index (χ0) is 11.5. The van der Waals surface area contributed by atoms with E-state index in [0.29, 0.717) is 16.5 Å². The van der Waals surface area contributed by atoms with Gasteiger partial charge in [-0.3, -0.25) is 5.10 Å². The lowest BCUT2D eigenvalue weighted by Crippen LogP contribution is -1.94. The largest absolute Gasteiger partial charge is 0.466 e. The molecule has 0 fully saturated rings. The molecule has 1 aromatic heterocycles. The maximum Gasteiger partial charge on any atom is 0.330 e. The Hall–Kier alpha value is -2.17. The second-order valence-corrected chi connectivity index (χ2v) is 3.16. The number of esters is 1. The molecular formula is C11H9FN2O2. The highest BCUT2D eigenvalue weighted by molar-refractivity contribution is 5.88. The molecule has 4 nitrogen and oxygen atoms in total. The molecule has 1 heterocycles. The molecule has 0 radical (unpaired) electrons. The first-order valence-corrected chi connectivity index (χ1v) is 4.60. The lowest BCUT2D eigenvalue weighted by molar-refractivity contribution is -0.134. The average Bonchev–Trinajstić information content (AvgIpc) is 2.76. The number of aromatic nitrogens is 2. The lowest BCUT2D eigenvalue weighted by atomic mass is 10.1. The molecule has 0 saturated heterocycles. The van der Waals surface area contributed by atoms with Crippen molar-refractivity contribution in [2.24, 2.45) is 0 Å². The van der Waals surface area contributed by atoms with Crippen molar-refractivity contribution in [3.63, 3.8) is 0 Å². The number of halogens is 1. The van der Waals surface area contributed by atoms with Gasteiger partial charge in [-0.25, -0.2) is 9.18 Å². The van der Waals surface area contributed by atoms with Gasteiger partial charge in [-0.15, -0.1) is 0 Å². The van der Waals surface area contributed by atoms with Gasteiger partial charge in [0, 0.05) is 17.0 Å². The summed E-state index contributed by atoms with van der Waals surface area (Å²) in [7, 11) is 1.26. The number of hydrogen-bond acceptors (Lipinski definition) is 3. The number of hydrogen-bond donors (Lipinski definition) is 1. The van der Waals surface area contributed by atoms with Crippen LogP contribution in [0.25, 0.3) is 17.0 Å². The zero-order valence-electron chi connectivity index (χ0n) is 8.53. The van der Waals surface area contributed by atoms with Crippen LogP contribution in [0.1, 0.15) is 5.56 Å². The molecule has 5 heteroatoms. The van der Waals surface area contributed by atoms with Gasteiger partial charge in [0.05, 0.1) is 13.3 Å². The smallest absolute Gasteiger partial charge is 0.330 e. The van der Waals surface area contributed by atoms with Gasteiger partial charge >= 0.3 is 5.97 Å². The third-order valence-electron chi connectivity index (χ3n) is 2.18. The van der Waals surface area contributed by atoms with E-state index in [1.54, 1.807) is 12.1 Å². The van der Waals surface area contributed by atoms with Gasteiger partial charge in [0.1, 0.15) is 5.52 Å². The normalized spacial score (nSPS) is 11.1. The van der Waals surface area contributed by atoms with E-state index in [4.69, 9.17) is 0 Å². The number of aromatic amines is 1. The van der Waals surface area contributed by atoms with E-state index >= 15 is 0 Å². The Labute approximate surface area is 90.7 Å². The Kier molecular flexibility index (Phi) is 2.68. The van der Waals surface area contributed by atoms with Gasteiger partial charge in [0.2, 0.25) is 0 Å². The third-order valence-corrected chi connectivity index (χ3v) is 2.18. The van der Waals surface area contributed by atoms with E-state index in [1.165, 1.54) is 25.5 Å². The van der Waals surface area contributed by atoms with Crippen LogP contribution >= 0.6 is 0 Å². The standard InChI is InChI=1S/C11H9FN2O2/c1-16-9(15)5-4-7-2-3-8-6-13-14-11(8)10(7)12/h2-6H,1H3,(H,13,14)/b5-4+. The topological polar surface area (TPSA) is 55.0 Å². The number of rotatable bonds is 2. The van der Waals surface area contributed by atoms with Crippen LogP contribution < -0.4 is 0 Å². The van der Waals surface area contributed by atoms with Crippen molar-refractivity contribution in [3.8, 4) is 0 Å². The minimum atomic E-state index is -0.524. The monoisotopic (exact) mass is 220 g/mol. The molecule has 0 atom stereocenters. The predicted molar refractivity (Wildman–Crippen MR) is 57.1 cm³/mol. The van der Waals surface area contributed by atoms with Crippen LogP contribution in [0.5, 0.6) is 0 Å². The summed E-state index contributed by atoms with van der Waals surface area (Å²) in [5.41, 5.74) is 0.633. The molecule has 2 rings (SSSR count). The highest BCUT2D eigenvalue weighted by Gasteiger charge is 2.06. The molecule has 0 amide bonds. The molecule has 82 valence electrons. The van der Waals surface area contributed by atoms with Crippen LogP contribution in [-0.2, 0) is 9.53 Å². The highest BCUT2D eigenvalue weighted by atomic mass is 19.1. The fourth-order valence-corrected chi connectivity index (χ4v) is 1.35. The van der Waals surface area contributed by atoms with E-state index in [-0.39, 0.29) is 0 Å². The summed E-state index contributed by atoms with van der Waals surface area (Å²) in [6.07, 6.45) is 4.06. The third kappa shape index (κ3) is 1.79. The van der Waals surface area contributed by atoms with E-state index < -0.39 is 11.8 Å². The summed E-state index contributed by atoms with van der Waals surface area (Å²) in [5, 5.41) is 6.98. The SMILES string of the molecule is COC(=O)/C=C/c1ccc2cn[nH]c2c1F. The van der Waals surface area contributed by atoms with Crippen molar-refractivity contribution in [3.05, 3.63) is 35.8 Å². The summed E-state index contributed by atoms with van der Waals surface area (Å²) >= 11 is 0. The van der Waals surface area contributed by atoms with Crippen molar-refractivity contribution in [2.75, 3.05) is 7.11 Å². The van der Waals surface area contributed by atoms with Crippen LogP contribution in [0.3, 0.4) is 0 Å². The van der Waals surface area contributed by atoms with Crippen LogP contribution in [-0.4, -0.2) is 23.3 Å². The van der Waals surface area contributed by atoms with Gasteiger partial charge < -0.3 is 4.74 Å². The second kappa shape index (κ2) is 4.14. The van der Waals surface area contributed by atoms with Crippen LogP contribution in [0.15, 0.2) is 24.4 Å². The van der Waals surface area contributed by atoms with Crippen molar-refractivity contribution < 1.29 is 13.9 Å². The quantitative estimate of drug-likeness (QED) is 0.621. The minimum Gasteiger partial charge on any atom is -0.466 e. The molecule has 0 unspecified atom stereocenters. The number of H-pyrrole nitrogens is 1. The molecule has 16 heavy (non-hydrogen) atoms. The first kappa shape index (κ1) is 10.4. The fourth-order valence-electron chi connectivity index (χ4n) is 1.35.